The Morgan fingerprint density at radius 1 is 1.02 bits per heavy atom. The van der Waals surface area contributed by atoms with Crippen molar-refractivity contribution in [1.82, 2.24) is 14.3 Å². The maximum Gasteiger partial charge on any atom is 0.352 e. The molecule has 1 N–H and O–H groups in total. The van der Waals surface area contributed by atoms with Gasteiger partial charge in [-0.15, -0.1) is 0 Å². The highest BCUT2D eigenvalue weighted by atomic mass is 16.5. The Balaban J connectivity index is 1.42. The molecule has 0 unspecified atom stereocenters. The number of ether oxygens (including phenoxy) is 2. The van der Waals surface area contributed by atoms with Crippen LogP contribution in [0.1, 0.15) is 52.3 Å². The zero-order valence-corrected chi connectivity index (χ0v) is 23.4. The molecule has 3 aromatic carbocycles. The molecule has 1 aliphatic heterocycles. The summed E-state index contributed by atoms with van der Waals surface area (Å²) in [6, 6.07) is 18.5. The number of aromatic nitrogens is 3. The number of rotatable bonds is 6. The van der Waals surface area contributed by atoms with Crippen molar-refractivity contribution in [2.45, 2.75) is 52.7 Å². The van der Waals surface area contributed by atoms with Gasteiger partial charge in [0.1, 0.15) is 11.4 Å². The second-order valence-electron chi connectivity index (χ2n) is 10.7. The first-order valence-electron chi connectivity index (χ1n) is 14.0. The Morgan fingerprint density at radius 3 is 2.70 bits per heavy atom. The van der Waals surface area contributed by atoms with Crippen LogP contribution in [0.5, 0.6) is 5.75 Å². The molecule has 3 heterocycles. The van der Waals surface area contributed by atoms with E-state index in [-0.39, 0.29) is 0 Å². The molecule has 6 rings (SSSR count). The minimum absolute atomic E-state index is 0.385. The Bertz CT molecular complexity index is 1720. The minimum atomic E-state index is -0.890. The highest BCUT2D eigenvalue weighted by Crippen LogP contribution is 2.41. The predicted molar refractivity (Wildman–Crippen MR) is 157 cm³/mol. The van der Waals surface area contributed by atoms with E-state index in [2.05, 4.69) is 37.3 Å². The fourth-order valence-electron chi connectivity index (χ4n) is 6.25. The molecule has 0 aliphatic carbocycles. The van der Waals surface area contributed by atoms with Gasteiger partial charge in [0, 0.05) is 42.1 Å². The second-order valence-corrected chi connectivity index (χ2v) is 10.7. The molecule has 0 fully saturated rings. The number of aryl methyl sites for hydroxylation is 5. The van der Waals surface area contributed by atoms with Crippen LogP contribution in [0.15, 0.2) is 54.6 Å². The van der Waals surface area contributed by atoms with Crippen LogP contribution in [0, 0.1) is 13.8 Å². The van der Waals surface area contributed by atoms with E-state index in [0.717, 1.165) is 73.9 Å². The van der Waals surface area contributed by atoms with Gasteiger partial charge in [-0.3, -0.25) is 4.68 Å². The first kappa shape index (κ1) is 26.1. The largest absolute Gasteiger partial charge is 0.493 e. The number of hydrogen-bond donors (Lipinski definition) is 1. The zero-order valence-electron chi connectivity index (χ0n) is 23.4. The maximum atomic E-state index is 12.8. The Hall–Kier alpha value is -4.10. The number of fused-ring (bicyclic) bond motifs is 3. The van der Waals surface area contributed by atoms with Gasteiger partial charge in [0.25, 0.3) is 0 Å². The highest BCUT2D eigenvalue weighted by molar-refractivity contribution is 6.05. The molecule has 206 valence electrons. The van der Waals surface area contributed by atoms with Crippen LogP contribution >= 0.6 is 0 Å². The first-order valence-corrected chi connectivity index (χ1v) is 14.0. The number of hydrogen-bond acceptors (Lipinski definition) is 4. The van der Waals surface area contributed by atoms with E-state index in [0.29, 0.717) is 44.9 Å². The summed E-state index contributed by atoms with van der Waals surface area (Å²) in [5.74, 6) is -0.0350. The fourth-order valence-corrected chi connectivity index (χ4v) is 6.25. The standard InChI is InChI=1S/C33H35N3O4/c1-21-15-16-26-25(13-9-19-40-28-14-8-11-23-10-4-5-12-24(23)28)32(33(37)38)36-17-6-7-18-39-20-27-30(29(21)31(26)36)22(2)34-35(27)3/h4-5,8,10-12,14-16H,6-7,9,13,17-20H2,1-3H3,(H,37,38). The average molecular weight is 538 g/mol. The molecular formula is C33H35N3O4. The van der Waals surface area contributed by atoms with E-state index in [9.17, 15) is 9.90 Å². The number of aromatic carboxylic acids is 1. The van der Waals surface area contributed by atoms with E-state index in [4.69, 9.17) is 14.6 Å². The molecule has 1 aliphatic rings. The first-order chi connectivity index (χ1) is 19.5. The molecule has 2 aromatic heterocycles. The van der Waals surface area contributed by atoms with Crippen molar-refractivity contribution in [2.24, 2.45) is 7.05 Å². The van der Waals surface area contributed by atoms with Gasteiger partial charge in [-0.2, -0.15) is 5.10 Å². The van der Waals surface area contributed by atoms with Gasteiger partial charge in [-0.25, -0.2) is 4.79 Å². The lowest BCUT2D eigenvalue weighted by atomic mass is 9.94. The van der Waals surface area contributed by atoms with E-state index in [1.807, 2.05) is 47.5 Å². The summed E-state index contributed by atoms with van der Waals surface area (Å²) in [4.78, 5) is 12.8. The van der Waals surface area contributed by atoms with Crippen LogP contribution in [0.3, 0.4) is 0 Å². The Labute approximate surface area is 233 Å². The fraction of sp³-hybridized carbons (Fsp3) is 0.333. The zero-order chi connectivity index (χ0) is 27.8. The SMILES string of the molecule is Cc1ccc2c(CCCOc3cccc4ccccc34)c(C(=O)O)n3c2c1-c1c(C)nn(C)c1COCCCC3. The van der Waals surface area contributed by atoms with E-state index < -0.39 is 5.97 Å². The van der Waals surface area contributed by atoms with Crippen molar-refractivity contribution in [2.75, 3.05) is 13.2 Å². The summed E-state index contributed by atoms with van der Waals surface area (Å²) in [6.07, 6.45) is 3.02. The summed E-state index contributed by atoms with van der Waals surface area (Å²) < 4.78 is 16.2. The topological polar surface area (TPSA) is 78.5 Å². The van der Waals surface area contributed by atoms with Gasteiger partial charge in [-0.1, -0.05) is 48.5 Å². The normalized spacial score (nSPS) is 13.8. The van der Waals surface area contributed by atoms with Crippen molar-refractivity contribution >= 4 is 27.6 Å². The highest BCUT2D eigenvalue weighted by Gasteiger charge is 2.28. The quantitative estimate of drug-likeness (QED) is 0.240. The van der Waals surface area contributed by atoms with Gasteiger partial charge in [-0.05, 0) is 62.1 Å². The second kappa shape index (κ2) is 10.8. The van der Waals surface area contributed by atoms with Crippen molar-refractivity contribution in [3.63, 3.8) is 0 Å². The summed E-state index contributed by atoms with van der Waals surface area (Å²) in [5, 5.41) is 18.5. The number of nitrogens with zero attached hydrogens (tertiary/aromatic N) is 3. The van der Waals surface area contributed by atoms with E-state index in [1.54, 1.807) is 0 Å². The molecule has 7 nitrogen and oxygen atoms in total. The molecule has 0 saturated carbocycles. The van der Waals surface area contributed by atoms with Gasteiger partial charge in [0.05, 0.1) is 30.1 Å². The van der Waals surface area contributed by atoms with Crippen LogP contribution in [0.2, 0.25) is 0 Å². The molecule has 0 bridgehead atoms. The summed E-state index contributed by atoms with van der Waals surface area (Å²) in [7, 11) is 1.95. The molecule has 0 saturated heterocycles. The van der Waals surface area contributed by atoms with Gasteiger partial charge < -0.3 is 19.1 Å². The van der Waals surface area contributed by atoms with E-state index >= 15 is 0 Å². The van der Waals surface area contributed by atoms with Crippen LogP contribution in [-0.2, 0) is 31.4 Å². The van der Waals surface area contributed by atoms with Crippen LogP contribution in [0.25, 0.3) is 32.8 Å². The van der Waals surface area contributed by atoms with Crippen LogP contribution < -0.4 is 4.74 Å². The number of carboxylic acid groups (broad SMARTS) is 1. The molecule has 0 radical (unpaired) electrons. The average Bonchev–Trinajstić information content (AvgIpc) is 3.39. The summed E-state index contributed by atoms with van der Waals surface area (Å²) in [6.45, 7) is 6.35. The van der Waals surface area contributed by atoms with Gasteiger partial charge >= 0.3 is 5.97 Å². The van der Waals surface area contributed by atoms with Gasteiger partial charge in [0.2, 0.25) is 0 Å². The van der Waals surface area contributed by atoms with Crippen LogP contribution in [-0.4, -0.2) is 38.6 Å². The Kier molecular flexibility index (Phi) is 7.07. The van der Waals surface area contributed by atoms with Gasteiger partial charge in [0.15, 0.2) is 0 Å². The molecular weight excluding hydrogens is 502 g/mol. The lowest BCUT2D eigenvalue weighted by Crippen LogP contribution is -2.12. The summed E-state index contributed by atoms with van der Waals surface area (Å²) >= 11 is 0. The molecule has 7 heteroatoms. The molecule has 0 atom stereocenters. The third-order valence-corrected chi connectivity index (χ3v) is 8.07. The van der Waals surface area contributed by atoms with Crippen molar-refractivity contribution < 1.29 is 19.4 Å². The smallest absolute Gasteiger partial charge is 0.352 e. The third-order valence-electron chi connectivity index (χ3n) is 8.07. The summed E-state index contributed by atoms with van der Waals surface area (Å²) in [5.41, 5.74) is 7.40. The number of benzene rings is 3. The number of carbonyl (C=O) groups is 1. The third kappa shape index (κ3) is 4.54. The maximum absolute atomic E-state index is 12.8. The Morgan fingerprint density at radius 2 is 1.85 bits per heavy atom. The van der Waals surface area contributed by atoms with Crippen molar-refractivity contribution in [3.05, 3.63) is 82.8 Å². The monoisotopic (exact) mass is 537 g/mol. The minimum Gasteiger partial charge on any atom is -0.493 e. The lowest BCUT2D eigenvalue weighted by molar-refractivity contribution is 0.0683. The van der Waals surface area contributed by atoms with Crippen molar-refractivity contribution in [3.8, 4) is 16.9 Å². The molecule has 0 spiro atoms. The number of carboxylic acids is 1. The lowest BCUT2D eigenvalue weighted by Gasteiger charge is -2.14. The van der Waals surface area contributed by atoms with E-state index in [1.165, 1.54) is 0 Å². The van der Waals surface area contributed by atoms with Crippen LogP contribution in [0.4, 0.5) is 0 Å². The molecule has 40 heavy (non-hydrogen) atoms. The molecule has 0 amide bonds. The molecule has 5 aromatic rings. The van der Waals surface area contributed by atoms with Crippen molar-refractivity contribution in [1.29, 1.82) is 0 Å². The predicted octanol–water partition coefficient (Wildman–Crippen LogP) is 6.83.